The molecule has 0 spiro atoms. The summed E-state index contributed by atoms with van der Waals surface area (Å²) >= 11 is 2.15. The minimum Gasteiger partial charge on any atom is -0.343 e. The van der Waals surface area contributed by atoms with Crippen LogP contribution in [-0.4, -0.2) is 25.8 Å². The molecule has 1 aromatic heterocycles. The van der Waals surface area contributed by atoms with E-state index in [1.165, 1.54) is 4.31 Å². The molecule has 4 rings (SSSR count). The summed E-state index contributed by atoms with van der Waals surface area (Å²) in [5, 5.41) is 0.863. The van der Waals surface area contributed by atoms with Gasteiger partial charge in [0.15, 0.2) is 6.29 Å². The van der Waals surface area contributed by atoms with Crippen LogP contribution < -0.4 is 4.31 Å². The zero-order valence-electron chi connectivity index (χ0n) is 17.2. The lowest BCUT2D eigenvalue weighted by atomic mass is 10.2. The highest BCUT2D eigenvalue weighted by molar-refractivity contribution is 14.1. The van der Waals surface area contributed by atoms with Gasteiger partial charge in [-0.2, -0.15) is 0 Å². The Balaban J connectivity index is 1.70. The smallest absolute Gasteiger partial charge is 0.264 e. The van der Waals surface area contributed by atoms with E-state index < -0.39 is 10.0 Å². The first-order valence-corrected chi connectivity index (χ1v) is 12.5. The van der Waals surface area contributed by atoms with Crippen LogP contribution in [0.15, 0.2) is 102 Å². The predicted molar refractivity (Wildman–Crippen MR) is 137 cm³/mol. The molecule has 32 heavy (non-hydrogen) atoms. The molecule has 0 aliphatic carbocycles. The van der Waals surface area contributed by atoms with E-state index in [0.717, 1.165) is 20.8 Å². The fourth-order valence-electron chi connectivity index (χ4n) is 3.67. The van der Waals surface area contributed by atoms with Crippen LogP contribution >= 0.6 is 22.6 Å². The highest BCUT2D eigenvalue weighted by Crippen LogP contribution is 2.29. The number of para-hydroxylation sites is 2. The van der Waals surface area contributed by atoms with E-state index in [9.17, 15) is 13.2 Å². The van der Waals surface area contributed by atoms with Crippen LogP contribution in [-0.2, 0) is 16.6 Å². The molecule has 0 radical (unpaired) electrons. The minimum absolute atomic E-state index is 0.111. The third-order valence-electron chi connectivity index (χ3n) is 5.16. The zero-order valence-corrected chi connectivity index (χ0v) is 20.2. The van der Waals surface area contributed by atoms with Crippen molar-refractivity contribution in [1.29, 1.82) is 0 Å². The summed E-state index contributed by atoms with van der Waals surface area (Å²) in [6, 6.07) is 23.4. The molecule has 4 aromatic rings. The van der Waals surface area contributed by atoms with Crippen LogP contribution in [0.2, 0.25) is 0 Å². The van der Waals surface area contributed by atoms with E-state index in [1.807, 2.05) is 47.0 Å². The van der Waals surface area contributed by atoms with Gasteiger partial charge >= 0.3 is 0 Å². The molecule has 0 saturated carbocycles. The van der Waals surface area contributed by atoms with E-state index in [4.69, 9.17) is 0 Å². The second-order valence-corrected chi connectivity index (χ2v) is 10.4. The number of sulfonamides is 1. The van der Waals surface area contributed by atoms with Crippen LogP contribution in [0.1, 0.15) is 10.4 Å². The molecule has 1 heterocycles. The summed E-state index contributed by atoms with van der Waals surface area (Å²) in [6.07, 6.45) is 2.62. The Hall–Kier alpha value is -2.91. The van der Waals surface area contributed by atoms with Gasteiger partial charge in [0.05, 0.1) is 17.1 Å². The number of nitrogens with zero attached hydrogens (tertiary/aromatic N) is 2. The van der Waals surface area contributed by atoms with Gasteiger partial charge in [-0.3, -0.25) is 9.10 Å². The molecule has 7 heteroatoms. The average molecular weight is 556 g/mol. The molecule has 5 nitrogen and oxygen atoms in total. The van der Waals surface area contributed by atoms with Gasteiger partial charge in [-0.05, 0) is 58.5 Å². The van der Waals surface area contributed by atoms with Crippen molar-refractivity contribution >= 4 is 55.5 Å². The number of hydrogen-bond donors (Lipinski definition) is 0. The summed E-state index contributed by atoms with van der Waals surface area (Å²) in [7, 11) is -3.80. The molecule has 3 aromatic carbocycles. The third kappa shape index (κ3) is 4.35. The Bertz CT molecular complexity index is 1400. The van der Waals surface area contributed by atoms with Crippen molar-refractivity contribution in [2.24, 2.45) is 0 Å². The van der Waals surface area contributed by atoms with Gasteiger partial charge in [0.25, 0.3) is 10.0 Å². The van der Waals surface area contributed by atoms with E-state index in [2.05, 4.69) is 29.2 Å². The van der Waals surface area contributed by atoms with Crippen LogP contribution in [0.5, 0.6) is 0 Å². The van der Waals surface area contributed by atoms with Crippen LogP contribution in [0.3, 0.4) is 0 Å². The van der Waals surface area contributed by atoms with Crippen LogP contribution in [0.25, 0.3) is 10.9 Å². The van der Waals surface area contributed by atoms with E-state index in [0.29, 0.717) is 23.4 Å². The number of fused-ring (bicyclic) bond motifs is 1. The topological polar surface area (TPSA) is 59.4 Å². The number of aromatic nitrogens is 1. The Morgan fingerprint density at radius 2 is 1.62 bits per heavy atom. The number of hydrogen-bond acceptors (Lipinski definition) is 3. The molecule has 0 amide bonds. The lowest BCUT2D eigenvalue weighted by Crippen LogP contribution is -2.34. The summed E-state index contributed by atoms with van der Waals surface area (Å²) in [6.45, 7) is 4.68. The summed E-state index contributed by atoms with van der Waals surface area (Å²) in [5.41, 5.74) is 2.80. The first-order chi connectivity index (χ1) is 15.4. The van der Waals surface area contributed by atoms with Crippen LogP contribution in [0, 0.1) is 3.57 Å². The largest absolute Gasteiger partial charge is 0.343 e. The molecule has 0 fully saturated rings. The van der Waals surface area contributed by atoms with Crippen molar-refractivity contribution in [2.45, 2.75) is 11.4 Å². The maximum absolute atomic E-state index is 13.6. The highest BCUT2D eigenvalue weighted by atomic mass is 127. The lowest BCUT2D eigenvalue weighted by Gasteiger charge is -2.26. The number of aldehydes is 1. The second kappa shape index (κ2) is 9.30. The van der Waals surface area contributed by atoms with Crippen molar-refractivity contribution in [3.8, 4) is 0 Å². The number of benzene rings is 3. The van der Waals surface area contributed by atoms with Gasteiger partial charge in [0, 0.05) is 32.8 Å². The van der Waals surface area contributed by atoms with Crippen molar-refractivity contribution in [1.82, 2.24) is 4.57 Å². The zero-order chi connectivity index (χ0) is 22.7. The van der Waals surface area contributed by atoms with Gasteiger partial charge in [0.1, 0.15) is 0 Å². The van der Waals surface area contributed by atoms with Gasteiger partial charge < -0.3 is 4.57 Å². The Kier molecular flexibility index (Phi) is 6.48. The molecule has 0 aliphatic heterocycles. The third-order valence-corrected chi connectivity index (χ3v) is 7.85. The van der Waals surface area contributed by atoms with Gasteiger partial charge in [-0.25, -0.2) is 8.42 Å². The van der Waals surface area contributed by atoms with Crippen molar-refractivity contribution in [3.63, 3.8) is 0 Å². The molecule has 162 valence electrons. The number of rotatable bonds is 8. The van der Waals surface area contributed by atoms with Gasteiger partial charge in [0.2, 0.25) is 0 Å². The van der Waals surface area contributed by atoms with Gasteiger partial charge in [-0.1, -0.05) is 55.1 Å². The Morgan fingerprint density at radius 1 is 0.969 bits per heavy atom. The number of halogens is 1. The summed E-state index contributed by atoms with van der Waals surface area (Å²) in [5.74, 6) is 0. The molecule has 0 aliphatic rings. The average Bonchev–Trinajstić information content (AvgIpc) is 3.16. The first kappa shape index (κ1) is 22.3. The summed E-state index contributed by atoms with van der Waals surface area (Å²) in [4.78, 5) is 11.7. The number of carbonyl (C=O) groups excluding carboxylic acids is 1. The van der Waals surface area contributed by atoms with E-state index >= 15 is 0 Å². The number of carbonyl (C=O) groups is 1. The molecule has 0 atom stereocenters. The van der Waals surface area contributed by atoms with Crippen LogP contribution in [0.4, 0.5) is 5.69 Å². The quantitative estimate of drug-likeness (QED) is 0.163. The maximum atomic E-state index is 13.6. The first-order valence-electron chi connectivity index (χ1n) is 9.94. The molecule has 0 bridgehead atoms. The van der Waals surface area contributed by atoms with Crippen molar-refractivity contribution in [2.75, 3.05) is 10.8 Å². The minimum atomic E-state index is -3.80. The molecular weight excluding hydrogens is 535 g/mol. The standard InChI is InChI=1S/C25H21IN2O3S/c1-19(15-27-17-20(18-29)22-11-5-7-13-24(22)27)16-28(25-14-8-6-12-23(25)26)32(30,31)21-9-3-2-4-10-21/h2-14,17-18H,1,15-16H2. The van der Waals surface area contributed by atoms with E-state index in [-0.39, 0.29) is 11.4 Å². The van der Waals surface area contributed by atoms with Gasteiger partial charge in [-0.15, -0.1) is 0 Å². The monoisotopic (exact) mass is 556 g/mol. The lowest BCUT2D eigenvalue weighted by molar-refractivity contribution is 0.112. The van der Waals surface area contributed by atoms with Crippen molar-refractivity contribution in [3.05, 3.63) is 106 Å². The molecular formula is C25H21IN2O3S. The Labute approximate surface area is 201 Å². The molecule has 0 saturated heterocycles. The molecule has 0 N–H and O–H groups in total. The Morgan fingerprint density at radius 3 is 2.34 bits per heavy atom. The van der Waals surface area contributed by atoms with E-state index in [1.54, 1.807) is 42.6 Å². The predicted octanol–water partition coefficient (Wildman–Crippen LogP) is 5.51. The maximum Gasteiger partial charge on any atom is 0.264 e. The fraction of sp³-hybridized carbons (Fsp3) is 0.0800. The number of anilines is 1. The normalized spacial score (nSPS) is 11.4. The second-order valence-electron chi connectivity index (χ2n) is 7.37. The molecule has 0 unspecified atom stereocenters. The highest BCUT2D eigenvalue weighted by Gasteiger charge is 2.27. The SMILES string of the molecule is C=C(CN(c1ccccc1I)S(=O)(=O)c1ccccc1)Cn1cc(C=O)c2ccccc21. The van der Waals surface area contributed by atoms with Crippen molar-refractivity contribution < 1.29 is 13.2 Å². The fourth-order valence-corrected chi connectivity index (χ4v) is 6.04. The summed E-state index contributed by atoms with van der Waals surface area (Å²) < 4.78 is 31.3.